The maximum Gasteiger partial charge on any atom is 0.246 e. The van der Waals surface area contributed by atoms with Gasteiger partial charge < -0.3 is 5.32 Å². The van der Waals surface area contributed by atoms with E-state index in [2.05, 4.69) is 10.3 Å². The zero-order valence-electron chi connectivity index (χ0n) is 12.5. The zero-order valence-corrected chi connectivity index (χ0v) is 13.3. The fourth-order valence-corrected chi connectivity index (χ4v) is 3.16. The van der Waals surface area contributed by atoms with E-state index in [0.717, 1.165) is 13.0 Å². The minimum Gasteiger partial charge on any atom is -0.302 e. The Balaban J connectivity index is 1.94. The maximum atomic E-state index is 12.3. The molecule has 1 aliphatic carbocycles. The van der Waals surface area contributed by atoms with Crippen molar-refractivity contribution in [2.75, 3.05) is 13.1 Å². The monoisotopic (exact) mass is 309 g/mol. The van der Waals surface area contributed by atoms with Gasteiger partial charge in [-0.05, 0) is 37.4 Å². The van der Waals surface area contributed by atoms with Crippen LogP contribution in [0.2, 0.25) is 0 Å². The molecule has 0 aromatic rings. The Hall–Kier alpha value is -1.30. The molecule has 116 valence electrons. The van der Waals surface area contributed by atoms with Crippen molar-refractivity contribution in [1.29, 1.82) is 0 Å². The summed E-state index contributed by atoms with van der Waals surface area (Å²) in [4.78, 5) is 30.0. The molecule has 1 saturated carbocycles. The van der Waals surface area contributed by atoms with Crippen LogP contribution in [0, 0.1) is 11.8 Å². The van der Waals surface area contributed by atoms with E-state index in [-0.39, 0.29) is 16.9 Å². The highest BCUT2D eigenvalue weighted by molar-refractivity contribution is 7.80. The molecular weight excluding hydrogens is 286 g/mol. The van der Waals surface area contributed by atoms with Crippen LogP contribution in [-0.4, -0.2) is 41.1 Å². The molecule has 1 aliphatic heterocycles. The highest BCUT2D eigenvalue weighted by atomic mass is 32.1. The lowest BCUT2D eigenvalue weighted by molar-refractivity contribution is -0.137. The number of thiocarbonyl (C=S) groups is 1. The summed E-state index contributed by atoms with van der Waals surface area (Å²) in [6.45, 7) is 3.22. The van der Waals surface area contributed by atoms with Crippen molar-refractivity contribution in [3.05, 3.63) is 0 Å². The predicted molar refractivity (Wildman–Crippen MR) is 86.2 cm³/mol. The van der Waals surface area contributed by atoms with Crippen LogP contribution >= 0.6 is 12.2 Å². The molecule has 1 atom stereocenters. The predicted octanol–water partition coefficient (Wildman–Crippen LogP) is 1.91. The summed E-state index contributed by atoms with van der Waals surface area (Å²) < 4.78 is 0. The van der Waals surface area contributed by atoms with Crippen LogP contribution in [0.1, 0.15) is 45.4 Å². The lowest BCUT2D eigenvalue weighted by Gasteiger charge is -2.30. The van der Waals surface area contributed by atoms with E-state index < -0.39 is 5.92 Å². The summed E-state index contributed by atoms with van der Waals surface area (Å²) >= 11 is 5.04. The molecule has 5 nitrogen and oxygen atoms in total. The van der Waals surface area contributed by atoms with Crippen molar-refractivity contribution in [2.45, 2.75) is 45.4 Å². The maximum absolute atomic E-state index is 12.3. The lowest BCUT2D eigenvalue weighted by atomic mass is 9.89. The smallest absolute Gasteiger partial charge is 0.246 e. The van der Waals surface area contributed by atoms with Gasteiger partial charge in [-0.1, -0.05) is 26.2 Å². The van der Waals surface area contributed by atoms with E-state index in [0.29, 0.717) is 12.5 Å². The van der Waals surface area contributed by atoms with Gasteiger partial charge in [-0.15, -0.1) is 0 Å². The number of carbonyl (C=O) groups is 2. The van der Waals surface area contributed by atoms with Crippen molar-refractivity contribution in [2.24, 2.45) is 16.8 Å². The van der Waals surface area contributed by atoms with E-state index in [1.54, 1.807) is 0 Å². The van der Waals surface area contributed by atoms with Crippen molar-refractivity contribution >= 4 is 35.4 Å². The number of rotatable bonds is 5. The Kier molecular flexibility index (Phi) is 5.85. The van der Waals surface area contributed by atoms with E-state index in [4.69, 9.17) is 12.2 Å². The molecule has 1 saturated heterocycles. The van der Waals surface area contributed by atoms with Gasteiger partial charge in [-0.3, -0.25) is 19.5 Å². The van der Waals surface area contributed by atoms with Gasteiger partial charge >= 0.3 is 0 Å². The fraction of sp³-hybridized carbons (Fsp3) is 0.733. The van der Waals surface area contributed by atoms with Gasteiger partial charge in [0, 0.05) is 19.3 Å². The van der Waals surface area contributed by atoms with Crippen LogP contribution in [0.4, 0.5) is 0 Å². The molecular formula is C15H23N3O2S. The summed E-state index contributed by atoms with van der Waals surface area (Å²) in [7, 11) is 0. The van der Waals surface area contributed by atoms with Gasteiger partial charge in [-0.25, -0.2) is 0 Å². The topological polar surface area (TPSA) is 61.8 Å². The standard InChI is InChI=1S/C15H23N3O2S/c1-2-8-18-14(20)12(13(19)17-15(18)21)10-16-9-11-6-4-3-5-7-11/h10-12H,2-9H2,1H3,(H,17,19,21)/t12-/m0/s1. The number of hydrogen-bond donors (Lipinski definition) is 1. The van der Waals surface area contributed by atoms with Crippen LogP contribution in [0.25, 0.3) is 0 Å². The number of nitrogens with zero attached hydrogens (tertiary/aromatic N) is 2. The first-order chi connectivity index (χ1) is 10.1. The van der Waals surface area contributed by atoms with Gasteiger partial charge in [0.25, 0.3) is 0 Å². The first kappa shape index (κ1) is 16.1. The quantitative estimate of drug-likeness (QED) is 0.479. The normalized spacial score (nSPS) is 24.7. The number of aliphatic imine (C=N–C) groups is 1. The zero-order chi connectivity index (χ0) is 15.2. The molecule has 6 heteroatoms. The Morgan fingerprint density at radius 2 is 2.05 bits per heavy atom. The number of amides is 2. The van der Waals surface area contributed by atoms with Crippen molar-refractivity contribution in [3.63, 3.8) is 0 Å². The third kappa shape index (κ3) is 4.09. The molecule has 0 aromatic heterocycles. The third-order valence-electron chi connectivity index (χ3n) is 4.08. The van der Waals surface area contributed by atoms with E-state index in [1.165, 1.54) is 43.2 Å². The second-order valence-corrected chi connectivity index (χ2v) is 6.17. The van der Waals surface area contributed by atoms with E-state index in [1.807, 2.05) is 6.92 Å². The molecule has 0 radical (unpaired) electrons. The highest BCUT2D eigenvalue weighted by Crippen LogP contribution is 2.23. The minimum atomic E-state index is -0.827. The molecule has 0 aromatic carbocycles. The summed E-state index contributed by atoms with van der Waals surface area (Å²) in [5, 5.41) is 2.80. The molecule has 0 bridgehead atoms. The van der Waals surface area contributed by atoms with Gasteiger partial charge in [0.15, 0.2) is 11.0 Å². The van der Waals surface area contributed by atoms with E-state index in [9.17, 15) is 9.59 Å². The molecule has 21 heavy (non-hydrogen) atoms. The van der Waals surface area contributed by atoms with Crippen LogP contribution in [0.3, 0.4) is 0 Å². The average Bonchev–Trinajstić information content (AvgIpc) is 2.48. The van der Waals surface area contributed by atoms with Crippen molar-refractivity contribution < 1.29 is 9.59 Å². The molecule has 1 N–H and O–H groups in total. The molecule has 2 amide bonds. The van der Waals surface area contributed by atoms with Crippen LogP contribution < -0.4 is 5.32 Å². The van der Waals surface area contributed by atoms with Crippen LogP contribution in [-0.2, 0) is 9.59 Å². The summed E-state index contributed by atoms with van der Waals surface area (Å²) in [5.74, 6) is -0.834. The molecule has 2 aliphatic rings. The van der Waals surface area contributed by atoms with Crippen molar-refractivity contribution in [3.8, 4) is 0 Å². The summed E-state index contributed by atoms with van der Waals surface area (Å²) in [6.07, 6.45) is 8.56. The molecule has 2 rings (SSSR count). The molecule has 0 unspecified atom stereocenters. The lowest BCUT2D eigenvalue weighted by Crippen LogP contribution is -2.58. The second-order valence-electron chi connectivity index (χ2n) is 5.78. The minimum absolute atomic E-state index is 0.212. The third-order valence-corrected chi connectivity index (χ3v) is 4.40. The average molecular weight is 309 g/mol. The Morgan fingerprint density at radius 3 is 2.71 bits per heavy atom. The Bertz CT molecular complexity index is 444. The van der Waals surface area contributed by atoms with Crippen LogP contribution in [0.15, 0.2) is 4.99 Å². The molecule has 2 fully saturated rings. The molecule has 0 spiro atoms. The highest BCUT2D eigenvalue weighted by Gasteiger charge is 2.36. The van der Waals surface area contributed by atoms with Gasteiger partial charge in [0.1, 0.15) is 0 Å². The largest absolute Gasteiger partial charge is 0.302 e. The SMILES string of the molecule is CCCN1C(=O)[C@@H](C=NCC2CCCCC2)C(=O)NC1=S. The summed E-state index contributed by atoms with van der Waals surface area (Å²) in [5.41, 5.74) is 0. The fourth-order valence-electron chi connectivity index (χ4n) is 2.88. The van der Waals surface area contributed by atoms with E-state index >= 15 is 0 Å². The van der Waals surface area contributed by atoms with Crippen molar-refractivity contribution in [1.82, 2.24) is 10.2 Å². The van der Waals surface area contributed by atoms with Crippen LogP contribution in [0.5, 0.6) is 0 Å². The number of hydrogen-bond acceptors (Lipinski definition) is 4. The second kappa shape index (κ2) is 7.64. The Labute approximate surface area is 131 Å². The summed E-state index contributed by atoms with van der Waals surface area (Å²) in [6, 6.07) is 0. The first-order valence-electron chi connectivity index (χ1n) is 7.79. The van der Waals surface area contributed by atoms with Gasteiger partial charge in [0.05, 0.1) is 0 Å². The van der Waals surface area contributed by atoms with Gasteiger partial charge in [-0.2, -0.15) is 0 Å². The molecule has 1 heterocycles. The Morgan fingerprint density at radius 1 is 1.33 bits per heavy atom. The van der Waals surface area contributed by atoms with Gasteiger partial charge in [0.2, 0.25) is 11.8 Å². The number of nitrogens with one attached hydrogen (secondary N) is 1. The first-order valence-corrected chi connectivity index (χ1v) is 8.20. The number of carbonyl (C=O) groups excluding carboxylic acids is 2.